The highest BCUT2D eigenvalue weighted by Crippen LogP contribution is 2.14. The first kappa shape index (κ1) is 8.59. The molecule has 72 valence electrons. The lowest BCUT2D eigenvalue weighted by atomic mass is 10.5. The van der Waals surface area contributed by atoms with Gasteiger partial charge in [-0.15, -0.1) is 0 Å². The SMILES string of the molecule is C=CN1C=CN(C2COCCO2)C1. The summed E-state index contributed by atoms with van der Waals surface area (Å²) in [6.45, 7) is 6.54. The van der Waals surface area contributed by atoms with E-state index in [9.17, 15) is 0 Å². The first-order valence-electron chi connectivity index (χ1n) is 4.42. The van der Waals surface area contributed by atoms with E-state index in [1.54, 1.807) is 6.20 Å². The quantitative estimate of drug-likeness (QED) is 0.622. The highest BCUT2D eigenvalue weighted by molar-refractivity contribution is 4.96. The highest BCUT2D eigenvalue weighted by atomic mass is 16.6. The Kier molecular flexibility index (Phi) is 2.52. The van der Waals surface area contributed by atoms with Crippen LogP contribution in [0.1, 0.15) is 0 Å². The van der Waals surface area contributed by atoms with Crippen molar-refractivity contribution in [3.8, 4) is 0 Å². The third-order valence-electron chi connectivity index (χ3n) is 2.18. The van der Waals surface area contributed by atoms with Crippen LogP contribution in [-0.2, 0) is 9.47 Å². The molecule has 0 spiro atoms. The van der Waals surface area contributed by atoms with Crippen LogP contribution in [0.15, 0.2) is 25.2 Å². The minimum atomic E-state index is 0.0648. The first-order chi connectivity index (χ1) is 6.40. The van der Waals surface area contributed by atoms with Crippen LogP contribution in [0.2, 0.25) is 0 Å². The molecule has 1 atom stereocenters. The van der Waals surface area contributed by atoms with Crippen LogP contribution in [-0.4, -0.2) is 42.5 Å². The van der Waals surface area contributed by atoms with Crippen LogP contribution >= 0.6 is 0 Å². The first-order valence-corrected chi connectivity index (χ1v) is 4.42. The summed E-state index contributed by atoms with van der Waals surface area (Å²) in [5, 5.41) is 0. The summed E-state index contributed by atoms with van der Waals surface area (Å²) in [6.07, 6.45) is 5.83. The second-order valence-corrected chi connectivity index (χ2v) is 3.05. The molecular weight excluding hydrogens is 168 g/mol. The molecule has 0 aromatic carbocycles. The van der Waals surface area contributed by atoms with E-state index in [0.717, 1.165) is 6.67 Å². The Balaban J connectivity index is 1.88. The largest absolute Gasteiger partial charge is 0.374 e. The van der Waals surface area contributed by atoms with Gasteiger partial charge in [0.15, 0.2) is 6.23 Å². The van der Waals surface area contributed by atoms with E-state index in [0.29, 0.717) is 19.8 Å². The fourth-order valence-electron chi connectivity index (χ4n) is 1.43. The van der Waals surface area contributed by atoms with Crippen LogP contribution < -0.4 is 0 Å². The molecule has 0 aromatic rings. The molecule has 13 heavy (non-hydrogen) atoms. The monoisotopic (exact) mass is 182 g/mol. The van der Waals surface area contributed by atoms with E-state index in [2.05, 4.69) is 11.5 Å². The number of hydrogen-bond acceptors (Lipinski definition) is 4. The summed E-state index contributed by atoms with van der Waals surface area (Å²) in [4.78, 5) is 4.10. The van der Waals surface area contributed by atoms with Crippen LogP contribution in [0.5, 0.6) is 0 Å². The van der Waals surface area contributed by atoms with E-state index in [1.165, 1.54) is 0 Å². The number of ether oxygens (including phenoxy) is 2. The molecule has 2 rings (SSSR count). The average molecular weight is 182 g/mol. The molecule has 0 bridgehead atoms. The fraction of sp³-hybridized carbons (Fsp3) is 0.556. The third-order valence-corrected chi connectivity index (χ3v) is 2.18. The molecule has 0 aliphatic carbocycles. The van der Waals surface area contributed by atoms with Crippen molar-refractivity contribution in [2.24, 2.45) is 0 Å². The molecule has 0 N–H and O–H groups in total. The molecule has 1 saturated heterocycles. The summed E-state index contributed by atoms with van der Waals surface area (Å²) < 4.78 is 10.9. The number of hydrogen-bond donors (Lipinski definition) is 0. The van der Waals surface area contributed by atoms with Gasteiger partial charge in [0.2, 0.25) is 0 Å². The Morgan fingerprint density at radius 1 is 1.38 bits per heavy atom. The van der Waals surface area contributed by atoms with Crippen molar-refractivity contribution in [3.05, 3.63) is 25.2 Å². The van der Waals surface area contributed by atoms with Crippen molar-refractivity contribution < 1.29 is 9.47 Å². The minimum absolute atomic E-state index is 0.0648. The smallest absolute Gasteiger partial charge is 0.154 e. The molecule has 4 heteroatoms. The van der Waals surface area contributed by atoms with Crippen LogP contribution in [0.25, 0.3) is 0 Å². The van der Waals surface area contributed by atoms with Crippen LogP contribution in [0.4, 0.5) is 0 Å². The van der Waals surface area contributed by atoms with E-state index in [4.69, 9.17) is 9.47 Å². The lowest BCUT2D eigenvalue weighted by Gasteiger charge is -2.31. The van der Waals surface area contributed by atoms with Gasteiger partial charge in [-0.3, -0.25) is 0 Å². The van der Waals surface area contributed by atoms with E-state index in [-0.39, 0.29) is 6.23 Å². The topological polar surface area (TPSA) is 24.9 Å². The molecule has 2 aliphatic heterocycles. The van der Waals surface area contributed by atoms with Crippen molar-refractivity contribution in [1.29, 1.82) is 0 Å². The molecule has 2 aliphatic rings. The summed E-state index contributed by atoms with van der Waals surface area (Å²) in [5.74, 6) is 0. The van der Waals surface area contributed by atoms with Gasteiger partial charge in [-0.1, -0.05) is 6.58 Å². The van der Waals surface area contributed by atoms with Gasteiger partial charge >= 0.3 is 0 Å². The molecule has 0 radical (unpaired) electrons. The van der Waals surface area contributed by atoms with Gasteiger partial charge in [-0.2, -0.15) is 0 Å². The Morgan fingerprint density at radius 2 is 2.31 bits per heavy atom. The molecular formula is C9H14N2O2. The predicted molar refractivity (Wildman–Crippen MR) is 48.4 cm³/mol. The maximum absolute atomic E-state index is 5.54. The van der Waals surface area contributed by atoms with Crippen LogP contribution in [0.3, 0.4) is 0 Å². The normalized spacial score (nSPS) is 28.2. The van der Waals surface area contributed by atoms with Crippen molar-refractivity contribution in [2.75, 3.05) is 26.5 Å². The molecule has 2 heterocycles. The van der Waals surface area contributed by atoms with E-state index in [1.807, 2.05) is 17.3 Å². The molecule has 0 saturated carbocycles. The Bertz CT molecular complexity index is 212. The summed E-state index contributed by atoms with van der Waals surface area (Å²) in [6, 6.07) is 0. The van der Waals surface area contributed by atoms with Gasteiger partial charge in [-0.25, -0.2) is 0 Å². The van der Waals surface area contributed by atoms with Gasteiger partial charge in [0.05, 0.1) is 26.5 Å². The maximum Gasteiger partial charge on any atom is 0.154 e. The summed E-state index contributed by atoms with van der Waals surface area (Å²) in [7, 11) is 0. The number of nitrogens with zero attached hydrogens (tertiary/aromatic N) is 2. The zero-order chi connectivity index (χ0) is 9.10. The summed E-state index contributed by atoms with van der Waals surface area (Å²) in [5.41, 5.74) is 0. The second kappa shape index (κ2) is 3.81. The van der Waals surface area contributed by atoms with Gasteiger partial charge in [0.25, 0.3) is 0 Å². The Labute approximate surface area is 78.0 Å². The molecule has 0 aromatic heterocycles. The highest BCUT2D eigenvalue weighted by Gasteiger charge is 2.23. The average Bonchev–Trinajstić information content (AvgIpc) is 2.67. The zero-order valence-electron chi connectivity index (χ0n) is 7.56. The van der Waals surface area contributed by atoms with Crippen molar-refractivity contribution in [2.45, 2.75) is 6.23 Å². The zero-order valence-corrected chi connectivity index (χ0v) is 7.56. The van der Waals surface area contributed by atoms with Gasteiger partial charge in [-0.05, 0) is 6.20 Å². The van der Waals surface area contributed by atoms with Crippen molar-refractivity contribution in [1.82, 2.24) is 9.80 Å². The van der Waals surface area contributed by atoms with Crippen molar-refractivity contribution in [3.63, 3.8) is 0 Å². The lowest BCUT2D eigenvalue weighted by molar-refractivity contribution is -0.142. The third kappa shape index (κ3) is 1.84. The molecule has 1 unspecified atom stereocenters. The predicted octanol–water partition coefficient (Wildman–Crippen LogP) is 0.549. The van der Waals surface area contributed by atoms with Gasteiger partial charge in [0, 0.05) is 12.4 Å². The Morgan fingerprint density at radius 3 is 2.92 bits per heavy atom. The lowest BCUT2D eigenvalue weighted by Crippen LogP contribution is -2.42. The number of rotatable bonds is 2. The minimum Gasteiger partial charge on any atom is -0.374 e. The van der Waals surface area contributed by atoms with Gasteiger partial charge in [0.1, 0.15) is 0 Å². The van der Waals surface area contributed by atoms with Crippen molar-refractivity contribution >= 4 is 0 Å². The van der Waals surface area contributed by atoms with E-state index < -0.39 is 0 Å². The maximum atomic E-state index is 5.54. The van der Waals surface area contributed by atoms with Gasteiger partial charge < -0.3 is 19.3 Å². The van der Waals surface area contributed by atoms with E-state index >= 15 is 0 Å². The summed E-state index contributed by atoms with van der Waals surface area (Å²) >= 11 is 0. The Hall–Kier alpha value is -1.00. The standard InChI is InChI=1S/C9H14N2O2/c1-2-10-3-4-11(8-10)9-7-12-5-6-13-9/h2-4,9H,1,5-8H2. The molecule has 1 fully saturated rings. The molecule has 4 nitrogen and oxygen atoms in total. The van der Waals surface area contributed by atoms with Crippen LogP contribution in [0, 0.1) is 0 Å². The molecule has 0 amide bonds. The second-order valence-electron chi connectivity index (χ2n) is 3.05. The fourth-order valence-corrected chi connectivity index (χ4v) is 1.43.